The standard InChI is InChI=1S/C19H18ClN3O3/c20-15-7-3-1-5-13(15)18(24)23-22-16-8-4-2-6-14(16)17-11-12(19(25)26)9-10-21-17/h1,3,5,7,9-11,14H,2,4,6,8H2,(H,23,24)(H,25,26). The summed E-state index contributed by atoms with van der Waals surface area (Å²) in [6, 6.07) is 9.80. The van der Waals surface area contributed by atoms with Crippen LogP contribution in [0.3, 0.4) is 0 Å². The number of halogens is 1. The van der Waals surface area contributed by atoms with Crippen LogP contribution in [0, 0.1) is 0 Å². The average Bonchev–Trinajstić information content (AvgIpc) is 2.67. The van der Waals surface area contributed by atoms with E-state index in [1.165, 1.54) is 12.3 Å². The van der Waals surface area contributed by atoms with Crippen LogP contribution in [0.1, 0.15) is 58.0 Å². The lowest BCUT2D eigenvalue weighted by Gasteiger charge is -2.23. The SMILES string of the molecule is O=C(O)c1ccnc(C2CCCCC2=NNC(=O)c2ccccc2Cl)c1. The molecule has 0 aliphatic heterocycles. The molecule has 134 valence electrons. The minimum absolute atomic E-state index is 0.102. The Bertz CT molecular complexity index is 867. The van der Waals surface area contributed by atoms with Gasteiger partial charge in [-0.05, 0) is 43.5 Å². The van der Waals surface area contributed by atoms with Crippen molar-refractivity contribution in [2.45, 2.75) is 31.6 Å². The molecule has 0 bridgehead atoms. The van der Waals surface area contributed by atoms with Gasteiger partial charge in [-0.15, -0.1) is 0 Å². The van der Waals surface area contributed by atoms with Crippen molar-refractivity contribution in [3.8, 4) is 0 Å². The second kappa shape index (κ2) is 8.10. The van der Waals surface area contributed by atoms with E-state index in [9.17, 15) is 14.7 Å². The third kappa shape index (κ3) is 4.08. The van der Waals surface area contributed by atoms with Gasteiger partial charge in [0.25, 0.3) is 5.91 Å². The van der Waals surface area contributed by atoms with Crippen LogP contribution in [0.2, 0.25) is 5.02 Å². The number of carbonyl (C=O) groups excluding carboxylic acids is 1. The molecule has 1 aromatic carbocycles. The number of rotatable bonds is 4. The van der Waals surface area contributed by atoms with Gasteiger partial charge in [0, 0.05) is 23.5 Å². The molecule has 7 heteroatoms. The third-order valence-corrected chi connectivity index (χ3v) is 4.71. The lowest BCUT2D eigenvalue weighted by atomic mass is 9.84. The normalized spacial score (nSPS) is 18.5. The van der Waals surface area contributed by atoms with Crippen LogP contribution in [0.4, 0.5) is 0 Å². The highest BCUT2D eigenvalue weighted by molar-refractivity contribution is 6.33. The molecule has 1 unspecified atom stereocenters. The summed E-state index contributed by atoms with van der Waals surface area (Å²) in [4.78, 5) is 27.8. The molecule has 2 N–H and O–H groups in total. The molecule has 2 aromatic rings. The number of carboxylic acid groups (broad SMARTS) is 1. The van der Waals surface area contributed by atoms with Crippen LogP contribution in [-0.4, -0.2) is 27.7 Å². The summed E-state index contributed by atoms with van der Waals surface area (Å²) in [5.41, 5.74) is 4.58. The summed E-state index contributed by atoms with van der Waals surface area (Å²) in [5, 5.41) is 13.8. The van der Waals surface area contributed by atoms with Crippen molar-refractivity contribution >= 4 is 29.2 Å². The van der Waals surface area contributed by atoms with Crippen molar-refractivity contribution in [3.63, 3.8) is 0 Å². The molecule has 3 rings (SSSR count). The van der Waals surface area contributed by atoms with E-state index in [-0.39, 0.29) is 17.4 Å². The van der Waals surface area contributed by atoms with E-state index in [1.807, 2.05) is 0 Å². The minimum atomic E-state index is -0.991. The predicted octanol–water partition coefficient (Wildman–Crippen LogP) is 3.88. The van der Waals surface area contributed by atoms with Crippen molar-refractivity contribution in [1.82, 2.24) is 10.4 Å². The zero-order valence-electron chi connectivity index (χ0n) is 14.0. The van der Waals surface area contributed by atoms with Gasteiger partial charge < -0.3 is 5.11 Å². The molecule has 26 heavy (non-hydrogen) atoms. The quantitative estimate of drug-likeness (QED) is 0.798. The van der Waals surface area contributed by atoms with E-state index in [4.69, 9.17) is 11.6 Å². The van der Waals surface area contributed by atoms with Crippen LogP contribution in [0.15, 0.2) is 47.7 Å². The number of hydrazone groups is 1. The van der Waals surface area contributed by atoms with Gasteiger partial charge in [0.05, 0.1) is 16.1 Å². The smallest absolute Gasteiger partial charge is 0.335 e. The average molecular weight is 372 g/mol. The van der Waals surface area contributed by atoms with Gasteiger partial charge in [-0.3, -0.25) is 9.78 Å². The maximum absolute atomic E-state index is 12.3. The molecular formula is C19H18ClN3O3. The fourth-order valence-corrected chi connectivity index (χ4v) is 3.27. The summed E-state index contributed by atoms with van der Waals surface area (Å²) < 4.78 is 0. The van der Waals surface area contributed by atoms with Crippen molar-refractivity contribution in [2.24, 2.45) is 5.10 Å². The maximum atomic E-state index is 12.3. The first-order valence-electron chi connectivity index (χ1n) is 8.37. The van der Waals surface area contributed by atoms with Gasteiger partial charge in [-0.2, -0.15) is 5.10 Å². The number of pyridine rings is 1. The molecule has 1 aliphatic rings. The third-order valence-electron chi connectivity index (χ3n) is 4.38. The highest BCUT2D eigenvalue weighted by Crippen LogP contribution is 2.30. The molecule has 1 amide bonds. The van der Waals surface area contributed by atoms with Gasteiger partial charge >= 0.3 is 5.97 Å². The number of nitrogens with one attached hydrogen (secondary N) is 1. The summed E-state index contributed by atoms with van der Waals surface area (Å²) in [6.07, 6.45) is 5.01. The molecule has 1 aromatic heterocycles. The molecular weight excluding hydrogens is 354 g/mol. The number of benzene rings is 1. The van der Waals surface area contributed by atoms with Crippen LogP contribution in [0.25, 0.3) is 0 Å². The summed E-state index contributed by atoms with van der Waals surface area (Å²) in [5.74, 6) is -1.47. The van der Waals surface area contributed by atoms with Crippen molar-refractivity contribution in [2.75, 3.05) is 0 Å². The van der Waals surface area contributed by atoms with Gasteiger partial charge in [-0.1, -0.05) is 30.2 Å². The summed E-state index contributed by atoms with van der Waals surface area (Å²) in [7, 11) is 0. The molecule has 1 fully saturated rings. The second-order valence-electron chi connectivity index (χ2n) is 6.10. The first-order valence-corrected chi connectivity index (χ1v) is 8.74. The van der Waals surface area contributed by atoms with Crippen LogP contribution in [-0.2, 0) is 0 Å². The Labute approximate surface area is 155 Å². The van der Waals surface area contributed by atoms with E-state index in [2.05, 4.69) is 15.5 Å². The fourth-order valence-electron chi connectivity index (χ4n) is 3.05. The molecule has 0 saturated heterocycles. The number of nitrogens with zero attached hydrogens (tertiary/aromatic N) is 2. The van der Waals surface area contributed by atoms with Crippen LogP contribution >= 0.6 is 11.6 Å². The van der Waals surface area contributed by atoms with Crippen molar-refractivity contribution in [1.29, 1.82) is 0 Å². The molecule has 1 heterocycles. The number of hydrogen-bond acceptors (Lipinski definition) is 4. The first kappa shape index (κ1) is 18.1. The zero-order valence-corrected chi connectivity index (χ0v) is 14.7. The van der Waals surface area contributed by atoms with E-state index in [1.54, 1.807) is 30.3 Å². The number of hydrogen-bond donors (Lipinski definition) is 2. The van der Waals surface area contributed by atoms with Crippen LogP contribution < -0.4 is 5.43 Å². The first-order chi connectivity index (χ1) is 12.6. The Balaban J connectivity index is 1.82. The molecule has 1 saturated carbocycles. The summed E-state index contributed by atoms with van der Waals surface area (Å²) in [6.45, 7) is 0. The zero-order chi connectivity index (χ0) is 18.5. The van der Waals surface area contributed by atoms with E-state index in [0.717, 1.165) is 31.4 Å². The molecule has 1 atom stereocenters. The van der Waals surface area contributed by atoms with Gasteiger partial charge in [-0.25, -0.2) is 10.2 Å². The van der Waals surface area contributed by atoms with Crippen molar-refractivity contribution < 1.29 is 14.7 Å². The molecule has 0 radical (unpaired) electrons. The number of aromatic nitrogens is 1. The Kier molecular flexibility index (Phi) is 5.63. The minimum Gasteiger partial charge on any atom is -0.478 e. The number of aromatic carboxylic acids is 1. The van der Waals surface area contributed by atoms with E-state index < -0.39 is 5.97 Å². The number of carboxylic acids is 1. The van der Waals surface area contributed by atoms with E-state index >= 15 is 0 Å². The Morgan fingerprint density at radius 1 is 1.23 bits per heavy atom. The van der Waals surface area contributed by atoms with Gasteiger partial charge in [0.15, 0.2) is 0 Å². The van der Waals surface area contributed by atoms with E-state index in [0.29, 0.717) is 16.3 Å². The molecule has 1 aliphatic carbocycles. The van der Waals surface area contributed by atoms with Crippen LogP contribution in [0.5, 0.6) is 0 Å². The maximum Gasteiger partial charge on any atom is 0.335 e. The van der Waals surface area contributed by atoms with Gasteiger partial charge in [0.2, 0.25) is 0 Å². The topological polar surface area (TPSA) is 91.7 Å². The second-order valence-corrected chi connectivity index (χ2v) is 6.50. The van der Waals surface area contributed by atoms with Crippen molar-refractivity contribution in [3.05, 3.63) is 64.4 Å². The lowest BCUT2D eigenvalue weighted by Crippen LogP contribution is -2.25. The highest BCUT2D eigenvalue weighted by Gasteiger charge is 2.24. The fraction of sp³-hybridized carbons (Fsp3) is 0.263. The Hall–Kier alpha value is -2.73. The monoisotopic (exact) mass is 371 g/mol. The number of carbonyl (C=O) groups is 2. The summed E-state index contributed by atoms with van der Waals surface area (Å²) >= 11 is 6.04. The predicted molar refractivity (Wildman–Crippen MR) is 98.8 cm³/mol. The molecule has 0 spiro atoms. The molecule has 6 nitrogen and oxygen atoms in total. The number of amides is 1. The largest absolute Gasteiger partial charge is 0.478 e. The Morgan fingerprint density at radius 2 is 2.04 bits per heavy atom. The Morgan fingerprint density at radius 3 is 2.81 bits per heavy atom. The highest BCUT2D eigenvalue weighted by atomic mass is 35.5. The lowest BCUT2D eigenvalue weighted by molar-refractivity contribution is 0.0696. The van der Waals surface area contributed by atoms with Gasteiger partial charge in [0.1, 0.15) is 0 Å².